The van der Waals surface area contributed by atoms with Gasteiger partial charge >= 0.3 is 12.1 Å². The van der Waals surface area contributed by atoms with Crippen LogP contribution in [0.4, 0.5) is 10.5 Å². The number of carbonyl (C=O) groups excluding carboxylic acids is 1. The van der Waals surface area contributed by atoms with Crippen LogP contribution < -0.4 is 5.32 Å². The van der Waals surface area contributed by atoms with Crippen molar-refractivity contribution in [1.82, 2.24) is 20.0 Å². The predicted octanol–water partition coefficient (Wildman–Crippen LogP) is 2.23. The number of hydrogen-bond donors (Lipinski definition) is 2. The van der Waals surface area contributed by atoms with Gasteiger partial charge in [-0.3, -0.25) is 5.32 Å². The smallest absolute Gasteiger partial charge is 0.412 e. The third-order valence-electron chi connectivity index (χ3n) is 2.99. The summed E-state index contributed by atoms with van der Waals surface area (Å²) < 4.78 is 6.35. The van der Waals surface area contributed by atoms with E-state index in [-0.39, 0.29) is 11.4 Å². The van der Waals surface area contributed by atoms with Crippen molar-refractivity contribution in [2.24, 2.45) is 7.05 Å². The lowest BCUT2D eigenvalue weighted by atomic mass is 10.2. The summed E-state index contributed by atoms with van der Waals surface area (Å²) in [6, 6.07) is 3.18. The van der Waals surface area contributed by atoms with Gasteiger partial charge in [-0.2, -0.15) is 0 Å². The van der Waals surface area contributed by atoms with E-state index < -0.39 is 17.7 Å². The third kappa shape index (κ3) is 3.86. The van der Waals surface area contributed by atoms with Crippen LogP contribution in [0.2, 0.25) is 0 Å². The van der Waals surface area contributed by atoms with Crippen LogP contribution in [0, 0.1) is 6.92 Å². The van der Waals surface area contributed by atoms with Gasteiger partial charge in [0.05, 0.1) is 17.1 Å². The fourth-order valence-corrected chi connectivity index (χ4v) is 2.01. The second-order valence-electron chi connectivity index (χ2n) is 6.17. The van der Waals surface area contributed by atoms with Gasteiger partial charge in [0.25, 0.3) is 0 Å². The molecule has 0 unspecified atom stereocenters. The van der Waals surface area contributed by atoms with Crippen molar-refractivity contribution in [3.8, 4) is 11.4 Å². The fraction of sp³-hybridized carbons (Fsp3) is 0.400. The van der Waals surface area contributed by atoms with Gasteiger partial charge in [-0.05, 0) is 39.8 Å². The number of amides is 1. The van der Waals surface area contributed by atoms with Crippen LogP contribution in [0.5, 0.6) is 0 Å². The highest BCUT2D eigenvalue weighted by atomic mass is 16.6. The molecule has 2 rings (SSSR count). The molecule has 0 aromatic carbocycles. The van der Waals surface area contributed by atoms with Crippen molar-refractivity contribution in [1.29, 1.82) is 0 Å². The molecule has 9 nitrogen and oxygen atoms in total. The molecule has 0 spiro atoms. The molecule has 128 valence electrons. The Bertz CT molecular complexity index is 792. The fourth-order valence-electron chi connectivity index (χ4n) is 2.01. The number of rotatable bonds is 3. The van der Waals surface area contributed by atoms with E-state index in [0.717, 1.165) is 0 Å². The van der Waals surface area contributed by atoms with Crippen LogP contribution in [-0.4, -0.2) is 42.7 Å². The standard InChI is InChI=1S/C15H19N5O4/c1-8-9(17-14(23)24-15(2,3)4)6-7-10(16-8)11-12(13(21)22)20(5)19-18-11/h6-7H,1-5H3,(H,17,23)(H,21,22). The van der Waals surface area contributed by atoms with E-state index >= 15 is 0 Å². The van der Waals surface area contributed by atoms with E-state index in [0.29, 0.717) is 17.1 Å². The quantitative estimate of drug-likeness (QED) is 0.883. The number of carboxylic acids is 1. The van der Waals surface area contributed by atoms with E-state index in [2.05, 4.69) is 20.6 Å². The Morgan fingerprint density at radius 2 is 1.96 bits per heavy atom. The largest absolute Gasteiger partial charge is 0.476 e. The van der Waals surface area contributed by atoms with E-state index in [1.807, 2.05) is 0 Å². The number of aromatic nitrogens is 4. The summed E-state index contributed by atoms with van der Waals surface area (Å²) in [6.07, 6.45) is -0.592. The lowest BCUT2D eigenvalue weighted by molar-refractivity contribution is 0.0633. The van der Waals surface area contributed by atoms with Crippen LogP contribution in [-0.2, 0) is 11.8 Å². The van der Waals surface area contributed by atoms with Crippen molar-refractivity contribution < 1.29 is 19.4 Å². The minimum Gasteiger partial charge on any atom is -0.476 e. The Labute approximate surface area is 138 Å². The molecule has 0 aliphatic heterocycles. The lowest BCUT2D eigenvalue weighted by Crippen LogP contribution is -2.27. The molecule has 0 saturated heterocycles. The number of ether oxygens (including phenoxy) is 1. The van der Waals surface area contributed by atoms with Crippen LogP contribution in [0.15, 0.2) is 12.1 Å². The van der Waals surface area contributed by atoms with Gasteiger partial charge in [-0.25, -0.2) is 19.3 Å². The summed E-state index contributed by atoms with van der Waals surface area (Å²) in [5.74, 6) is -1.15. The van der Waals surface area contributed by atoms with Crippen molar-refractivity contribution in [3.05, 3.63) is 23.5 Å². The maximum absolute atomic E-state index is 11.8. The van der Waals surface area contributed by atoms with Gasteiger partial charge in [0, 0.05) is 7.05 Å². The normalized spacial score (nSPS) is 11.2. The Balaban J connectivity index is 2.28. The number of anilines is 1. The number of aryl methyl sites for hydroxylation is 2. The Kier molecular flexibility index (Phi) is 4.54. The van der Waals surface area contributed by atoms with E-state index in [4.69, 9.17) is 4.74 Å². The predicted molar refractivity (Wildman–Crippen MR) is 85.8 cm³/mol. The first-order valence-electron chi connectivity index (χ1n) is 7.19. The molecule has 0 fully saturated rings. The summed E-state index contributed by atoms with van der Waals surface area (Å²) in [5.41, 5.74) is 0.815. The second kappa shape index (κ2) is 6.26. The maximum Gasteiger partial charge on any atom is 0.412 e. The molecule has 2 N–H and O–H groups in total. The van der Waals surface area contributed by atoms with Gasteiger partial charge in [-0.1, -0.05) is 5.21 Å². The topological polar surface area (TPSA) is 119 Å². The van der Waals surface area contributed by atoms with Gasteiger partial charge < -0.3 is 9.84 Å². The molecule has 0 aliphatic rings. The van der Waals surface area contributed by atoms with Gasteiger partial charge in [0.15, 0.2) is 5.69 Å². The molecular formula is C15H19N5O4. The Morgan fingerprint density at radius 1 is 1.29 bits per heavy atom. The number of carbonyl (C=O) groups is 2. The number of carboxylic acid groups (broad SMARTS) is 1. The van der Waals surface area contributed by atoms with E-state index in [1.165, 1.54) is 11.7 Å². The van der Waals surface area contributed by atoms with Gasteiger partial charge in [0.1, 0.15) is 11.3 Å². The first-order chi connectivity index (χ1) is 11.1. The zero-order valence-electron chi connectivity index (χ0n) is 14.1. The molecule has 2 aromatic heterocycles. The van der Waals surface area contributed by atoms with Crippen molar-refractivity contribution in [2.75, 3.05) is 5.32 Å². The van der Waals surface area contributed by atoms with Crippen LogP contribution in [0.1, 0.15) is 37.0 Å². The van der Waals surface area contributed by atoms with Crippen molar-refractivity contribution in [2.45, 2.75) is 33.3 Å². The summed E-state index contributed by atoms with van der Waals surface area (Å²) in [4.78, 5) is 27.4. The molecule has 2 heterocycles. The molecule has 24 heavy (non-hydrogen) atoms. The molecule has 0 aliphatic carbocycles. The molecule has 2 aromatic rings. The number of hydrogen-bond acceptors (Lipinski definition) is 6. The Morgan fingerprint density at radius 3 is 2.50 bits per heavy atom. The molecule has 0 bridgehead atoms. The second-order valence-corrected chi connectivity index (χ2v) is 6.17. The highest BCUT2D eigenvalue weighted by Crippen LogP contribution is 2.23. The first kappa shape index (κ1) is 17.4. The summed E-state index contributed by atoms with van der Waals surface area (Å²) in [7, 11) is 1.49. The maximum atomic E-state index is 11.8. The number of nitrogens with one attached hydrogen (secondary N) is 1. The van der Waals surface area contributed by atoms with Crippen LogP contribution in [0.3, 0.4) is 0 Å². The molecular weight excluding hydrogens is 314 g/mol. The van der Waals surface area contributed by atoms with E-state index in [1.54, 1.807) is 39.8 Å². The molecule has 9 heteroatoms. The summed E-state index contributed by atoms with van der Waals surface area (Å²) in [5, 5.41) is 19.4. The molecule has 0 radical (unpaired) electrons. The third-order valence-corrected chi connectivity index (χ3v) is 2.99. The zero-order chi connectivity index (χ0) is 18.1. The molecule has 0 saturated carbocycles. The zero-order valence-corrected chi connectivity index (χ0v) is 14.1. The average Bonchev–Trinajstić information content (AvgIpc) is 2.81. The number of aromatic carboxylic acids is 1. The van der Waals surface area contributed by atoms with Crippen molar-refractivity contribution >= 4 is 17.7 Å². The average molecular weight is 333 g/mol. The van der Waals surface area contributed by atoms with Crippen molar-refractivity contribution in [3.63, 3.8) is 0 Å². The first-order valence-corrected chi connectivity index (χ1v) is 7.19. The summed E-state index contributed by atoms with van der Waals surface area (Å²) in [6.45, 7) is 6.99. The van der Waals surface area contributed by atoms with Crippen LogP contribution >= 0.6 is 0 Å². The molecule has 0 atom stereocenters. The number of pyridine rings is 1. The van der Waals surface area contributed by atoms with E-state index in [9.17, 15) is 14.7 Å². The number of nitrogens with zero attached hydrogens (tertiary/aromatic N) is 4. The highest BCUT2D eigenvalue weighted by Gasteiger charge is 2.21. The van der Waals surface area contributed by atoms with Gasteiger partial charge in [-0.15, -0.1) is 5.10 Å². The summed E-state index contributed by atoms with van der Waals surface area (Å²) >= 11 is 0. The molecule has 1 amide bonds. The van der Waals surface area contributed by atoms with Gasteiger partial charge in [0.2, 0.25) is 0 Å². The highest BCUT2D eigenvalue weighted by molar-refractivity contribution is 5.92. The SMILES string of the molecule is Cc1nc(-c2nnn(C)c2C(=O)O)ccc1NC(=O)OC(C)(C)C. The lowest BCUT2D eigenvalue weighted by Gasteiger charge is -2.20. The van der Waals surface area contributed by atoms with Crippen LogP contribution in [0.25, 0.3) is 11.4 Å². The monoisotopic (exact) mass is 333 g/mol. The minimum absolute atomic E-state index is 0.0604. The Hall–Kier alpha value is -2.97. The minimum atomic E-state index is -1.15.